The third kappa shape index (κ3) is 3.01. The lowest BCUT2D eigenvalue weighted by Crippen LogP contribution is -2.52. The van der Waals surface area contributed by atoms with Crippen LogP contribution >= 0.6 is 0 Å². The van der Waals surface area contributed by atoms with E-state index < -0.39 is 20.2 Å². The lowest BCUT2D eigenvalue weighted by molar-refractivity contribution is -0.156. The zero-order valence-electron chi connectivity index (χ0n) is 13.8. The van der Waals surface area contributed by atoms with Crippen LogP contribution in [0.1, 0.15) is 47.5 Å². The van der Waals surface area contributed by atoms with Gasteiger partial charge in [-0.2, -0.15) is 0 Å². The van der Waals surface area contributed by atoms with Gasteiger partial charge in [-0.15, -0.1) is 0 Å². The third-order valence-electron chi connectivity index (χ3n) is 4.74. The number of hydrogen-bond donors (Lipinski definition) is 0. The molecule has 0 bridgehead atoms. The van der Waals surface area contributed by atoms with Crippen molar-refractivity contribution in [2.24, 2.45) is 0 Å². The van der Waals surface area contributed by atoms with E-state index in [1.54, 1.807) is 0 Å². The minimum Gasteiger partial charge on any atom is -0.407 e. The number of hydrogen-bond acceptors (Lipinski definition) is 4. The molecule has 2 aliphatic rings. The van der Waals surface area contributed by atoms with Crippen molar-refractivity contribution < 1.29 is 18.7 Å². The first-order valence-electron chi connectivity index (χ1n) is 7.50. The largest absolute Gasteiger partial charge is 0.407 e. The second kappa shape index (κ2) is 4.90. The summed E-state index contributed by atoms with van der Waals surface area (Å²) in [6, 6.07) is 0. The summed E-state index contributed by atoms with van der Waals surface area (Å²) in [5.74, 6) is -0.590. The summed E-state index contributed by atoms with van der Waals surface area (Å²) < 4.78 is 17.8. The molecule has 0 spiro atoms. The zero-order valence-corrected chi connectivity index (χ0v) is 14.8. The number of carbonyl (C=O) groups excluding carboxylic acids is 1. The molecular formula is C15H28O4Si. The van der Waals surface area contributed by atoms with Crippen LogP contribution < -0.4 is 0 Å². The van der Waals surface area contributed by atoms with Gasteiger partial charge in [-0.1, -0.05) is 20.8 Å². The normalized spacial score (nSPS) is 34.1. The maximum Gasteiger partial charge on any atom is 0.193 e. The van der Waals surface area contributed by atoms with Gasteiger partial charge in [0.25, 0.3) is 0 Å². The quantitative estimate of drug-likeness (QED) is 0.734. The van der Waals surface area contributed by atoms with Crippen LogP contribution in [0.15, 0.2) is 0 Å². The SMILES string of the molecule is CC1(C)O[C@H]2CC[C@@H](O[Si](C)(C)C(C)(C)C)C(=O)[C@H]2O1. The molecule has 0 aromatic carbocycles. The van der Waals surface area contributed by atoms with Gasteiger partial charge in [-0.3, -0.25) is 4.79 Å². The summed E-state index contributed by atoms with van der Waals surface area (Å²) in [6.45, 7) is 14.7. The van der Waals surface area contributed by atoms with Crippen molar-refractivity contribution in [1.29, 1.82) is 0 Å². The molecule has 0 amide bonds. The van der Waals surface area contributed by atoms with Gasteiger partial charge in [0, 0.05) is 0 Å². The third-order valence-corrected chi connectivity index (χ3v) is 9.22. The van der Waals surface area contributed by atoms with E-state index >= 15 is 0 Å². The van der Waals surface area contributed by atoms with E-state index in [0.29, 0.717) is 0 Å². The molecule has 20 heavy (non-hydrogen) atoms. The summed E-state index contributed by atoms with van der Waals surface area (Å²) in [5, 5.41) is 0.108. The van der Waals surface area contributed by atoms with Crippen molar-refractivity contribution in [3.8, 4) is 0 Å². The molecule has 4 nitrogen and oxygen atoms in total. The summed E-state index contributed by atoms with van der Waals surface area (Å²) in [7, 11) is -1.93. The molecule has 0 aromatic rings. The fourth-order valence-corrected chi connectivity index (χ4v) is 3.88. The van der Waals surface area contributed by atoms with E-state index in [1.165, 1.54) is 0 Å². The molecule has 0 aromatic heterocycles. The van der Waals surface area contributed by atoms with Gasteiger partial charge in [-0.05, 0) is 44.8 Å². The molecule has 1 aliphatic carbocycles. The molecule has 3 atom stereocenters. The molecule has 1 heterocycles. The van der Waals surface area contributed by atoms with Crippen LogP contribution in [0.25, 0.3) is 0 Å². The zero-order chi connectivity index (χ0) is 15.3. The number of Topliss-reactive ketones (excluding diaryl/α,β-unsaturated/α-hetero) is 1. The molecule has 1 saturated heterocycles. The highest BCUT2D eigenvalue weighted by atomic mass is 28.4. The Balaban J connectivity index is 2.08. The van der Waals surface area contributed by atoms with E-state index in [9.17, 15) is 4.79 Å². The summed E-state index contributed by atoms with van der Waals surface area (Å²) >= 11 is 0. The van der Waals surface area contributed by atoms with E-state index in [0.717, 1.165) is 12.8 Å². The standard InChI is InChI=1S/C15H28O4Si/c1-14(2,3)20(6,7)19-10-8-9-11-13(12(10)16)18-15(4,5)17-11/h10-11,13H,8-9H2,1-7H3/t10-,11+,13+/m1/s1. The fourth-order valence-electron chi connectivity index (χ4n) is 2.58. The Kier molecular flexibility index (Phi) is 3.96. The van der Waals surface area contributed by atoms with Crippen molar-refractivity contribution in [3.05, 3.63) is 0 Å². The Hall–Kier alpha value is -0.233. The minimum absolute atomic E-state index is 0.0663. The van der Waals surface area contributed by atoms with Gasteiger partial charge < -0.3 is 13.9 Å². The second-order valence-corrected chi connectivity index (χ2v) is 12.7. The first kappa shape index (κ1) is 16.1. The second-order valence-electron chi connectivity index (χ2n) is 7.94. The van der Waals surface area contributed by atoms with Crippen LogP contribution in [0.2, 0.25) is 18.1 Å². The molecule has 2 fully saturated rings. The van der Waals surface area contributed by atoms with Gasteiger partial charge in [0.1, 0.15) is 12.2 Å². The average Bonchev–Trinajstić information content (AvgIpc) is 2.56. The van der Waals surface area contributed by atoms with Gasteiger partial charge in [0.15, 0.2) is 19.9 Å². The Morgan fingerprint density at radius 2 is 1.80 bits per heavy atom. The van der Waals surface area contributed by atoms with Gasteiger partial charge in [0.2, 0.25) is 0 Å². The predicted octanol–water partition coefficient (Wildman–Crippen LogP) is 3.26. The van der Waals surface area contributed by atoms with Crippen LogP contribution in [0.4, 0.5) is 0 Å². The van der Waals surface area contributed by atoms with E-state index in [1.807, 2.05) is 13.8 Å². The smallest absolute Gasteiger partial charge is 0.193 e. The molecule has 0 unspecified atom stereocenters. The highest BCUT2D eigenvalue weighted by Crippen LogP contribution is 2.41. The monoisotopic (exact) mass is 300 g/mol. The number of ketones is 1. The summed E-state index contributed by atoms with van der Waals surface area (Å²) in [5.41, 5.74) is 0. The van der Waals surface area contributed by atoms with Crippen molar-refractivity contribution in [2.75, 3.05) is 0 Å². The maximum absolute atomic E-state index is 12.6. The predicted molar refractivity (Wildman–Crippen MR) is 80.1 cm³/mol. The van der Waals surface area contributed by atoms with Gasteiger partial charge in [-0.25, -0.2) is 0 Å². The molecule has 116 valence electrons. The van der Waals surface area contributed by atoms with Crippen LogP contribution in [-0.2, 0) is 18.7 Å². The number of carbonyl (C=O) groups is 1. The van der Waals surface area contributed by atoms with Crippen molar-refractivity contribution in [2.45, 2.75) is 89.7 Å². The Morgan fingerprint density at radius 1 is 1.20 bits per heavy atom. The molecule has 1 saturated carbocycles. The van der Waals surface area contributed by atoms with E-state index in [-0.39, 0.29) is 23.0 Å². The van der Waals surface area contributed by atoms with Crippen LogP contribution in [-0.4, -0.2) is 38.2 Å². The highest BCUT2D eigenvalue weighted by Gasteiger charge is 2.51. The van der Waals surface area contributed by atoms with E-state index in [2.05, 4.69) is 33.9 Å². The molecule has 0 N–H and O–H groups in total. The number of ether oxygens (including phenoxy) is 2. The van der Waals surface area contributed by atoms with Crippen LogP contribution in [0.3, 0.4) is 0 Å². The summed E-state index contributed by atoms with van der Waals surface area (Å²) in [4.78, 5) is 12.6. The lowest BCUT2D eigenvalue weighted by Gasteiger charge is -2.40. The molecular weight excluding hydrogens is 272 g/mol. The first-order valence-corrected chi connectivity index (χ1v) is 10.4. The van der Waals surface area contributed by atoms with Gasteiger partial charge >= 0.3 is 0 Å². The topological polar surface area (TPSA) is 44.8 Å². The molecule has 2 rings (SSSR count). The van der Waals surface area contributed by atoms with Crippen molar-refractivity contribution in [1.82, 2.24) is 0 Å². The Labute approximate surface area is 123 Å². The molecule has 5 heteroatoms. The number of fused-ring (bicyclic) bond motifs is 1. The maximum atomic E-state index is 12.6. The average molecular weight is 300 g/mol. The van der Waals surface area contributed by atoms with Crippen LogP contribution in [0.5, 0.6) is 0 Å². The summed E-state index contributed by atoms with van der Waals surface area (Å²) in [6.07, 6.45) is 0.699. The van der Waals surface area contributed by atoms with E-state index in [4.69, 9.17) is 13.9 Å². The first-order chi connectivity index (χ1) is 8.93. The van der Waals surface area contributed by atoms with Gasteiger partial charge in [0.05, 0.1) is 6.10 Å². The Bertz CT molecular complexity index is 397. The van der Waals surface area contributed by atoms with Crippen molar-refractivity contribution >= 4 is 14.1 Å². The Morgan fingerprint density at radius 3 is 2.35 bits per heavy atom. The fraction of sp³-hybridized carbons (Fsp3) is 0.933. The lowest BCUT2D eigenvalue weighted by atomic mass is 9.91. The minimum atomic E-state index is -1.93. The number of rotatable bonds is 2. The highest BCUT2D eigenvalue weighted by molar-refractivity contribution is 6.74. The molecule has 0 radical (unpaired) electrons. The van der Waals surface area contributed by atoms with Crippen LogP contribution in [0, 0.1) is 0 Å². The van der Waals surface area contributed by atoms with Crippen molar-refractivity contribution in [3.63, 3.8) is 0 Å². The molecule has 1 aliphatic heterocycles.